The van der Waals surface area contributed by atoms with E-state index < -0.39 is 18.5 Å². The summed E-state index contributed by atoms with van der Waals surface area (Å²) in [6.45, 7) is -0.000282. The molecule has 0 radical (unpaired) electrons. The van der Waals surface area contributed by atoms with E-state index in [1.165, 1.54) is 4.90 Å². The van der Waals surface area contributed by atoms with Gasteiger partial charge in [-0.2, -0.15) is 0 Å². The molecule has 158 valence electrons. The number of hydrogen-bond donors (Lipinski definition) is 2. The van der Waals surface area contributed by atoms with Crippen LogP contribution in [-0.4, -0.2) is 54.8 Å². The Labute approximate surface area is 174 Å². The van der Waals surface area contributed by atoms with Crippen LogP contribution in [0.15, 0.2) is 42.5 Å². The number of likely N-dealkylation sites (tertiary alicyclic amines) is 1. The minimum Gasteiger partial charge on any atom is -0.454 e. The molecule has 8 heteroatoms. The Bertz CT molecular complexity index is 953. The summed E-state index contributed by atoms with van der Waals surface area (Å²) in [6, 6.07) is 13.5. The quantitative estimate of drug-likeness (QED) is 0.652. The van der Waals surface area contributed by atoms with Crippen molar-refractivity contribution in [1.29, 1.82) is 0 Å². The van der Waals surface area contributed by atoms with Crippen molar-refractivity contribution in [3.05, 3.63) is 48.0 Å². The van der Waals surface area contributed by atoms with Crippen molar-refractivity contribution in [2.45, 2.75) is 19.3 Å². The van der Waals surface area contributed by atoms with Gasteiger partial charge in [0.1, 0.15) is 6.54 Å². The summed E-state index contributed by atoms with van der Waals surface area (Å²) in [5.41, 5.74) is 6.17. The van der Waals surface area contributed by atoms with Crippen molar-refractivity contribution in [2.24, 2.45) is 11.7 Å². The van der Waals surface area contributed by atoms with Crippen LogP contribution in [0.25, 0.3) is 10.8 Å². The van der Waals surface area contributed by atoms with Gasteiger partial charge in [-0.15, -0.1) is 0 Å². The average Bonchev–Trinajstić information content (AvgIpc) is 2.76. The minimum absolute atomic E-state index is 0.135. The van der Waals surface area contributed by atoms with Gasteiger partial charge in [0, 0.05) is 13.1 Å². The van der Waals surface area contributed by atoms with Crippen LogP contribution in [0.1, 0.15) is 18.4 Å². The highest BCUT2D eigenvalue weighted by atomic mass is 16.5. The van der Waals surface area contributed by atoms with Gasteiger partial charge in [-0.05, 0) is 29.2 Å². The molecule has 3 amide bonds. The molecule has 0 bridgehead atoms. The molecule has 1 fully saturated rings. The Morgan fingerprint density at radius 1 is 1.10 bits per heavy atom. The SMILES string of the molecule is NC(=O)[C@@H]1CCCN(C(=O)COC(=O)CNC(=O)Cc2cccc3ccccc23)C1. The predicted octanol–water partition coefficient (Wildman–Crippen LogP) is 0.766. The fourth-order valence-corrected chi connectivity index (χ4v) is 3.57. The summed E-state index contributed by atoms with van der Waals surface area (Å²) < 4.78 is 4.96. The van der Waals surface area contributed by atoms with Gasteiger partial charge in [0.05, 0.1) is 12.3 Å². The van der Waals surface area contributed by atoms with Crippen LogP contribution in [0, 0.1) is 5.92 Å². The normalized spacial score (nSPS) is 16.1. The number of rotatable bonds is 7. The lowest BCUT2D eigenvalue weighted by Crippen LogP contribution is -2.45. The largest absolute Gasteiger partial charge is 0.454 e. The number of nitrogens with zero attached hydrogens (tertiary/aromatic N) is 1. The highest BCUT2D eigenvalue weighted by Crippen LogP contribution is 2.19. The van der Waals surface area contributed by atoms with E-state index in [9.17, 15) is 19.2 Å². The highest BCUT2D eigenvalue weighted by molar-refractivity contribution is 5.91. The average molecular weight is 411 g/mol. The van der Waals surface area contributed by atoms with Crippen molar-refractivity contribution >= 4 is 34.5 Å². The zero-order chi connectivity index (χ0) is 21.5. The molecule has 1 saturated heterocycles. The van der Waals surface area contributed by atoms with Crippen molar-refractivity contribution in [2.75, 3.05) is 26.2 Å². The summed E-state index contributed by atoms with van der Waals surface area (Å²) in [4.78, 5) is 49.1. The Hall–Kier alpha value is -3.42. The molecule has 30 heavy (non-hydrogen) atoms. The third-order valence-electron chi connectivity index (χ3n) is 5.19. The summed E-state index contributed by atoms with van der Waals surface area (Å²) in [5, 5.41) is 4.55. The van der Waals surface area contributed by atoms with Gasteiger partial charge in [-0.3, -0.25) is 19.2 Å². The van der Waals surface area contributed by atoms with Crippen molar-refractivity contribution in [1.82, 2.24) is 10.2 Å². The van der Waals surface area contributed by atoms with E-state index in [2.05, 4.69) is 5.32 Å². The number of carbonyl (C=O) groups excluding carboxylic acids is 4. The van der Waals surface area contributed by atoms with E-state index in [1.807, 2.05) is 42.5 Å². The van der Waals surface area contributed by atoms with Crippen LogP contribution in [0.4, 0.5) is 0 Å². The summed E-state index contributed by atoms with van der Waals surface area (Å²) in [6.07, 6.45) is 1.47. The van der Waals surface area contributed by atoms with Crippen molar-refractivity contribution in [3.63, 3.8) is 0 Å². The third-order valence-corrected chi connectivity index (χ3v) is 5.19. The number of nitrogens with two attached hydrogens (primary N) is 1. The van der Waals surface area contributed by atoms with E-state index in [0.29, 0.717) is 19.4 Å². The van der Waals surface area contributed by atoms with Gasteiger partial charge in [0.15, 0.2) is 6.61 Å². The van der Waals surface area contributed by atoms with Crippen molar-refractivity contribution in [3.8, 4) is 0 Å². The maximum absolute atomic E-state index is 12.2. The molecular formula is C22H25N3O5. The summed E-state index contributed by atoms with van der Waals surface area (Å²) >= 11 is 0. The fourth-order valence-electron chi connectivity index (χ4n) is 3.57. The Balaban J connectivity index is 1.42. The van der Waals surface area contributed by atoms with Crippen molar-refractivity contribution < 1.29 is 23.9 Å². The molecule has 2 aromatic carbocycles. The first-order valence-corrected chi connectivity index (χ1v) is 9.90. The molecule has 1 aliphatic rings. The van der Waals surface area contributed by atoms with E-state index in [0.717, 1.165) is 16.3 Å². The first-order chi connectivity index (χ1) is 14.4. The molecule has 0 aliphatic carbocycles. The van der Waals surface area contributed by atoms with E-state index >= 15 is 0 Å². The van der Waals surface area contributed by atoms with Gasteiger partial charge >= 0.3 is 5.97 Å². The van der Waals surface area contributed by atoms with Gasteiger partial charge in [-0.25, -0.2) is 0 Å². The molecule has 0 unspecified atom stereocenters. The number of carbonyl (C=O) groups is 4. The van der Waals surface area contributed by atoms with Crippen LogP contribution in [-0.2, 0) is 30.3 Å². The smallest absolute Gasteiger partial charge is 0.325 e. The Kier molecular flexibility index (Phi) is 7.00. The second kappa shape index (κ2) is 9.87. The van der Waals surface area contributed by atoms with Crippen LogP contribution < -0.4 is 11.1 Å². The molecule has 1 atom stereocenters. The second-order valence-corrected chi connectivity index (χ2v) is 7.33. The monoisotopic (exact) mass is 411 g/mol. The Morgan fingerprint density at radius 2 is 1.87 bits per heavy atom. The second-order valence-electron chi connectivity index (χ2n) is 7.33. The molecule has 0 spiro atoms. The highest BCUT2D eigenvalue weighted by Gasteiger charge is 2.27. The number of fused-ring (bicyclic) bond motifs is 1. The van der Waals surface area contributed by atoms with Gasteiger partial charge in [0.2, 0.25) is 11.8 Å². The van der Waals surface area contributed by atoms with Gasteiger partial charge in [0.25, 0.3) is 5.91 Å². The number of piperidine rings is 1. The summed E-state index contributed by atoms with van der Waals surface area (Å²) in [7, 11) is 0. The number of primary amides is 1. The molecule has 1 heterocycles. The number of nitrogens with one attached hydrogen (secondary N) is 1. The molecular weight excluding hydrogens is 386 g/mol. The first-order valence-electron chi connectivity index (χ1n) is 9.90. The first kappa shape index (κ1) is 21.3. The maximum atomic E-state index is 12.2. The zero-order valence-electron chi connectivity index (χ0n) is 16.6. The van der Waals surface area contributed by atoms with Crippen LogP contribution >= 0.6 is 0 Å². The molecule has 0 aromatic heterocycles. The molecule has 3 N–H and O–H groups in total. The van der Waals surface area contributed by atoms with Gasteiger partial charge in [-0.1, -0.05) is 42.5 Å². The van der Waals surface area contributed by atoms with Crippen LogP contribution in [0.5, 0.6) is 0 Å². The lowest BCUT2D eigenvalue weighted by Gasteiger charge is -2.31. The topological polar surface area (TPSA) is 119 Å². The molecule has 1 aliphatic heterocycles. The lowest BCUT2D eigenvalue weighted by molar-refractivity contribution is -0.152. The number of ether oxygens (including phenoxy) is 1. The minimum atomic E-state index is -0.696. The summed E-state index contributed by atoms with van der Waals surface area (Å²) in [5.74, 6) is -2.19. The zero-order valence-corrected chi connectivity index (χ0v) is 16.6. The molecule has 2 aromatic rings. The third kappa shape index (κ3) is 5.56. The maximum Gasteiger partial charge on any atom is 0.325 e. The number of amides is 3. The number of benzene rings is 2. The van der Waals surface area contributed by atoms with E-state index in [-0.39, 0.29) is 37.2 Å². The number of hydrogen-bond acceptors (Lipinski definition) is 5. The van der Waals surface area contributed by atoms with Crippen LogP contribution in [0.3, 0.4) is 0 Å². The van der Waals surface area contributed by atoms with Crippen LogP contribution in [0.2, 0.25) is 0 Å². The number of esters is 1. The molecule has 0 saturated carbocycles. The predicted molar refractivity (Wildman–Crippen MR) is 110 cm³/mol. The standard InChI is InChI=1S/C22H25N3O5/c23-22(29)17-8-4-10-25(13-17)20(27)14-30-21(28)12-24-19(26)11-16-7-3-6-15-5-1-2-9-18(15)16/h1-3,5-7,9,17H,4,8,10-14H2,(H2,23,29)(H,24,26)/t17-/m1/s1. The lowest BCUT2D eigenvalue weighted by atomic mass is 9.97. The van der Waals surface area contributed by atoms with Gasteiger partial charge < -0.3 is 20.7 Å². The molecule has 8 nitrogen and oxygen atoms in total. The fraction of sp³-hybridized carbons (Fsp3) is 0.364. The van der Waals surface area contributed by atoms with E-state index in [1.54, 1.807) is 0 Å². The Morgan fingerprint density at radius 3 is 2.67 bits per heavy atom. The van der Waals surface area contributed by atoms with E-state index in [4.69, 9.17) is 10.5 Å². The molecule has 3 rings (SSSR count).